The minimum absolute atomic E-state index is 0.0928. The summed E-state index contributed by atoms with van der Waals surface area (Å²) in [5, 5.41) is 3.57. The Bertz CT molecular complexity index is 976. The number of nitrogens with zero attached hydrogens (tertiary/aromatic N) is 1. The lowest BCUT2D eigenvalue weighted by Crippen LogP contribution is -2.46. The molecule has 2 atom stereocenters. The predicted molar refractivity (Wildman–Crippen MR) is 121 cm³/mol. The van der Waals surface area contributed by atoms with Crippen LogP contribution in [0.2, 0.25) is 5.02 Å². The second-order valence-electron chi connectivity index (χ2n) is 7.91. The zero-order valence-corrected chi connectivity index (χ0v) is 19.0. The van der Waals surface area contributed by atoms with Crippen molar-refractivity contribution in [1.82, 2.24) is 9.62 Å². The van der Waals surface area contributed by atoms with Crippen LogP contribution < -0.4 is 5.32 Å². The van der Waals surface area contributed by atoms with Crippen molar-refractivity contribution in [3.63, 3.8) is 0 Å². The van der Waals surface area contributed by atoms with Crippen LogP contribution in [0.15, 0.2) is 48.5 Å². The van der Waals surface area contributed by atoms with E-state index in [0.29, 0.717) is 30.0 Å². The van der Waals surface area contributed by atoms with Gasteiger partial charge in [-0.3, -0.25) is 4.79 Å². The topological polar surface area (TPSA) is 66.5 Å². The summed E-state index contributed by atoms with van der Waals surface area (Å²) in [6.07, 6.45) is 2.34. The monoisotopic (exact) mass is 448 g/mol. The second kappa shape index (κ2) is 9.94. The SMILES string of the molecule is CCc1ccc([C@@H](C)NC(=O)[C@H]2CCCN(S(=O)(=O)Cc3cccc(Cl)c3)C2)cc1. The lowest BCUT2D eigenvalue weighted by Gasteiger charge is -2.32. The molecular weight excluding hydrogens is 420 g/mol. The Labute approximate surface area is 184 Å². The largest absolute Gasteiger partial charge is 0.349 e. The molecule has 1 aliphatic rings. The highest BCUT2D eigenvalue weighted by Crippen LogP contribution is 2.24. The highest BCUT2D eigenvalue weighted by molar-refractivity contribution is 7.88. The molecule has 0 aromatic heterocycles. The number of carbonyl (C=O) groups excluding carboxylic acids is 1. The van der Waals surface area contributed by atoms with Gasteiger partial charge in [0.25, 0.3) is 0 Å². The second-order valence-corrected chi connectivity index (χ2v) is 10.3. The van der Waals surface area contributed by atoms with Crippen LogP contribution in [0.5, 0.6) is 0 Å². The van der Waals surface area contributed by atoms with Gasteiger partial charge in [-0.25, -0.2) is 12.7 Å². The Balaban J connectivity index is 1.62. The first-order valence-electron chi connectivity index (χ1n) is 10.4. The maximum absolute atomic E-state index is 12.9. The average molecular weight is 449 g/mol. The molecule has 1 heterocycles. The number of aryl methyl sites for hydroxylation is 1. The van der Waals surface area contributed by atoms with Gasteiger partial charge in [-0.2, -0.15) is 0 Å². The van der Waals surface area contributed by atoms with Crippen molar-refractivity contribution in [3.05, 3.63) is 70.2 Å². The van der Waals surface area contributed by atoms with Crippen molar-refractivity contribution in [2.45, 2.75) is 44.9 Å². The highest BCUT2D eigenvalue weighted by atomic mass is 35.5. The van der Waals surface area contributed by atoms with Crippen molar-refractivity contribution >= 4 is 27.5 Å². The molecule has 1 saturated heterocycles. The van der Waals surface area contributed by atoms with Crippen molar-refractivity contribution in [3.8, 4) is 0 Å². The number of sulfonamides is 1. The number of benzene rings is 2. The third-order valence-electron chi connectivity index (χ3n) is 5.63. The Morgan fingerprint density at radius 1 is 1.20 bits per heavy atom. The number of hydrogen-bond donors (Lipinski definition) is 1. The Hall–Kier alpha value is -1.89. The quantitative estimate of drug-likeness (QED) is 0.685. The van der Waals surface area contributed by atoms with Crippen LogP contribution in [0.4, 0.5) is 0 Å². The van der Waals surface area contributed by atoms with Crippen molar-refractivity contribution in [2.24, 2.45) is 5.92 Å². The molecule has 1 amide bonds. The minimum atomic E-state index is -3.51. The van der Waals surface area contributed by atoms with E-state index in [0.717, 1.165) is 12.0 Å². The van der Waals surface area contributed by atoms with Crippen LogP contribution >= 0.6 is 11.6 Å². The number of hydrogen-bond acceptors (Lipinski definition) is 3. The molecule has 0 saturated carbocycles. The van der Waals surface area contributed by atoms with Gasteiger partial charge in [0.2, 0.25) is 15.9 Å². The van der Waals surface area contributed by atoms with Crippen molar-refractivity contribution in [2.75, 3.05) is 13.1 Å². The summed E-state index contributed by atoms with van der Waals surface area (Å²) in [6.45, 7) is 4.72. The molecule has 5 nitrogen and oxygen atoms in total. The van der Waals surface area contributed by atoms with E-state index in [9.17, 15) is 13.2 Å². The number of carbonyl (C=O) groups is 1. The Morgan fingerprint density at radius 2 is 1.93 bits per heavy atom. The third-order valence-corrected chi connectivity index (χ3v) is 7.68. The normalized spacial score (nSPS) is 18.7. The van der Waals surface area contributed by atoms with Gasteiger partial charge in [-0.05, 0) is 55.0 Å². The van der Waals surface area contributed by atoms with E-state index in [1.807, 2.05) is 19.1 Å². The molecule has 162 valence electrons. The molecule has 0 bridgehead atoms. The maximum Gasteiger partial charge on any atom is 0.224 e. The van der Waals surface area contributed by atoms with Gasteiger partial charge < -0.3 is 5.32 Å². The Morgan fingerprint density at radius 3 is 2.60 bits per heavy atom. The van der Waals surface area contributed by atoms with E-state index in [1.54, 1.807) is 24.3 Å². The summed E-state index contributed by atoms with van der Waals surface area (Å²) in [5.41, 5.74) is 2.95. The van der Waals surface area contributed by atoms with E-state index < -0.39 is 10.0 Å². The fourth-order valence-corrected chi connectivity index (χ4v) is 5.60. The van der Waals surface area contributed by atoms with Gasteiger partial charge in [0.05, 0.1) is 17.7 Å². The molecule has 0 spiro atoms. The van der Waals surface area contributed by atoms with Crippen LogP contribution in [0.1, 0.15) is 49.4 Å². The standard InChI is InChI=1S/C23H29ClN2O3S/c1-3-18-9-11-20(12-10-18)17(2)25-23(27)21-7-5-13-26(15-21)30(28,29)16-19-6-4-8-22(24)14-19/h4,6,8-12,14,17,21H,3,5,7,13,15-16H2,1-2H3,(H,25,27)/t17-,21+/m1/s1. The summed E-state index contributed by atoms with van der Waals surface area (Å²) in [6, 6.07) is 15.0. The summed E-state index contributed by atoms with van der Waals surface area (Å²) in [7, 11) is -3.51. The highest BCUT2D eigenvalue weighted by Gasteiger charge is 2.32. The molecule has 0 aliphatic carbocycles. The molecule has 30 heavy (non-hydrogen) atoms. The fraction of sp³-hybridized carbons (Fsp3) is 0.435. The van der Waals surface area contributed by atoms with Gasteiger partial charge in [-0.1, -0.05) is 54.9 Å². The van der Waals surface area contributed by atoms with Gasteiger partial charge in [0.1, 0.15) is 0 Å². The van der Waals surface area contributed by atoms with Crippen LogP contribution in [0, 0.1) is 5.92 Å². The lowest BCUT2D eigenvalue weighted by molar-refractivity contribution is -0.126. The first-order chi connectivity index (χ1) is 14.3. The third kappa shape index (κ3) is 5.84. The van der Waals surface area contributed by atoms with E-state index >= 15 is 0 Å². The van der Waals surface area contributed by atoms with E-state index in [4.69, 9.17) is 11.6 Å². The van der Waals surface area contributed by atoms with Crippen LogP contribution in [-0.4, -0.2) is 31.7 Å². The van der Waals surface area contributed by atoms with Crippen LogP contribution in [0.3, 0.4) is 0 Å². The van der Waals surface area contributed by atoms with Crippen molar-refractivity contribution < 1.29 is 13.2 Å². The summed E-state index contributed by atoms with van der Waals surface area (Å²) in [4.78, 5) is 12.8. The van der Waals surface area contributed by atoms with Crippen molar-refractivity contribution in [1.29, 1.82) is 0 Å². The van der Waals surface area contributed by atoms with E-state index in [2.05, 4.69) is 24.4 Å². The molecule has 0 unspecified atom stereocenters. The predicted octanol–water partition coefficient (Wildman–Crippen LogP) is 4.32. The molecule has 3 rings (SSSR count). The molecule has 2 aromatic rings. The molecule has 1 fully saturated rings. The molecular formula is C23H29ClN2O3S. The summed E-state index contributed by atoms with van der Waals surface area (Å²) < 4.78 is 27.2. The molecule has 0 radical (unpaired) electrons. The zero-order valence-electron chi connectivity index (χ0n) is 17.5. The fourth-order valence-electron chi connectivity index (χ4n) is 3.79. The van der Waals surface area contributed by atoms with Gasteiger partial charge in [0, 0.05) is 18.1 Å². The summed E-state index contributed by atoms with van der Waals surface area (Å²) in [5.74, 6) is -0.544. The van der Waals surface area contributed by atoms with Gasteiger partial charge in [0.15, 0.2) is 0 Å². The first kappa shape index (κ1) is 22.8. The first-order valence-corrected chi connectivity index (χ1v) is 12.4. The molecule has 1 aliphatic heterocycles. The minimum Gasteiger partial charge on any atom is -0.349 e. The molecule has 7 heteroatoms. The number of halogens is 1. The molecule has 2 aromatic carbocycles. The maximum atomic E-state index is 12.9. The number of piperidine rings is 1. The number of nitrogens with one attached hydrogen (secondary N) is 1. The smallest absolute Gasteiger partial charge is 0.224 e. The molecule has 1 N–H and O–H groups in total. The van der Waals surface area contributed by atoms with Crippen LogP contribution in [0.25, 0.3) is 0 Å². The Kier molecular flexibility index (Phi) is 7.55. The van der Waals surface area contributed by atoms with Gasteiger partial charge >= 0.3 is 0 Å². The van der Waals surface area contributed by atoms with E-state index in [1.165, 1.54) is 9.87 Å². The zero-order chi connectivity index (χ0) is 21.7. The number of amides is 1. The van der Waals surface area contributed by atoms with Gasteiger partial charge in [-0.15, -0.1) is 0 Å². The van der Waals surface area contributed by atoms with Crippen LogP contribution in [-0.2, 0) is 27.0 Å². The lowest BCUT2D eigenvalue weighted by atomic mass is 9.97. The van der Waals surface area contributed by atoms with E-state index in [-0.39, 0.29) is 30.2 Å². The average Bonchev–Trinajstić information content (AvgIpc) is 2.73. The number of rotatable bonds is 7. The summed E-state index contributed by atoms with van der Waals surface area (Å²) >= 11 is 5.98.